The van der Waals surface area contributed by atoms with Crippen LogP contribution in [0.4, 0.5) is 10.1 Å². The number of nitrogens with zero attached hydrogens (tertiary/aromatic N) is 1. The van der Waals surface area contributed by atoms with Gasteiger partial charge in [0.2, 0.25) is 0 Å². The lowest BCUT2D eigenvalue weighted by Gasteiger charge is -2.04. The van der Waals surface area contributed by atoms with E-state index in [1.807, 2.05) is 18.2 Å². The van der Waals surface area contributed by atoms with Crippen LogP contribution in [-0.2, 0) is 0 Å². The average molecular weight is 280 g/mol. The molecule has 18 heavy (non-hydrogen) atoms. The second-order valence-corrected chi connectivity index (χ2v) is 5.75. The van der Waals surface area contributed by atoms with Gasteiger partial charge >= 0.3 is 0 Å². The maximum Gasteiger partial charge on any atom is 0.136 e. The van der Waals surface area contributed by atoms with Crippen LogP contribution in [0.15, 0.2) is 52.5 Å². The lowest BCUT2D eigenvalue weighted by Crippen LogP contribution is -1.93. The smallest absolute Gasteiger partial charge is 0.136 e. The first-order chi connectivity index (χ1) is 8.77. The number of hydrogen-bond acceptors (Lipinski definition) is 4. The van der Waals surface area contributed by atoms with E-state index in [2.05, 4.69) is 4.98 Å². The zero-order valence-electron chi connectivity index (χ0n) is 9.67. The van der Waals surface area contributed by atoms with Crippen molar-refractivity contribution in [3.05, 3.63) is 48.4 Å². The summed E-state index contributed by atoms with van der Waals surface area (Å²) in [4.78, 5) is 4.88. The van der Waals surface area contributed by atoms with E-state index in [0.29, 0.717) is 10.6 Å². The molecule has 0 bridgehead atoms. The van der Waals surface area contributed by atoms with E-state index in [1.54, 1.807) is 30.1 Å². The second-order valence-electron chi connectivity index (χ2n) is 3.53. The molecule has 0 saturated heterocycles. The number of nitrogen functional groups attached to an aromatic ring is 1. The Balaban J connectivity index is 1.80. The lowest BCUT2D eigenvalue weighted by molar-refractivity contribution is 0.602. The van der Waals surface area contributed by atoms with Crippen LogP contribution in [-0.4, -0.2) is 16.5 Å². The van der Waals surface area contributed by atoms with Crippen LogP contribution >= 0.6 is 23.5 Å². The molecule has 0 amide bonds. The fraction of sp³-hybridized carbons (Fsp3) is 0.154. The van der Waals surface area contributed by atoms with E-state index in [9.17, 15) is 4.39 Å². The number of anilines is 1. The van der Waals surface area contributed by atoms with Gasteiger partial charge in [-0.25, -0.2) is 9.37 Å². The van der Waals surface area contributed by atoms with Gasteiger partial charge in [-0.15, -0.1) is 23.5 Å². The summed E-state index contributed by atoms with van der Waals surface area (Å²) in [6, 6.07) is 10.5. The fourth-order valence-corrected chi connectivity index (χ4v) is 3.21. The van der Waals surface area contributed by atoms with Gasteiger partial charge < -0.3 is 5.73 Å². The lowest BCUT2D eigenvalue weighted by atomic mass is 10.3. The number of aromatic nitrogens is 1. The Kier molecular flexibility index (Phi) is 4.90. The first-order valence-electron chi connectivity index (χ1n) is 5.48. The largest absolute Gasteiger partial charge is 0.397 e. The molecule has 0 saturated carbocycles. The normalized spacial score (nSPS) is 10.5. The van der Waals surface area contributed by atoms with Crippen LogP contribution in [0.3, 0.4) is 0 Å². The molecule has 1 aromatic heterocycles. The van der Waals surface area contributed by atoms with Gasteiger partial charge in [0.15, 0.2) is 0 Å². The molecule has 0 atom stereocenters. The zero-order chi connectivity index (χ0) is 12.8. The molecule has 0 radical (unpaired) electrons. The maximum atomic E-state index is 13.3. The minimum absolute atomic E-state index is 0.162. The van der Waals surface area contributed by atoms with E-state index in [4.69, 9.17) is 5.73 Å². The second kappa shape index (κ2) is 6.66. The Morgan fingerprint density at radius 3 is 2.61 bits per heavy atom. The molecule has 2 nitrogen and oxygen atoms in total. The van der Waals surface area contributed by atoms with Crippen molar-refractivity contribution < 1.29 is 4.39 Å². The summed E-state index contributed by atoms with van der Waals surface area (Å²) in [5.41, 5.74) is 6.48. The van der Waals surface area contributed by atoms with Crippen LogP contribution < -0.4 is 5.73 Å². The van der Waals surface area contributed by atoms with Gasteiger partial charge in [0.25, 0.3) is 0 Å². The summed E-state index contributed by atoms with van der Waals surface area (Å²) in [5, 5.41) is 0.839. The Labute approximate surface area is 114 Å². The van der Waals surface area contributed by atoms with Gasteiger partial charge in [0.05, 0.1) is 5.69 Å². The summed E-state index contributed by atoms with van der Waals surface area (Å²) in [7, 11) is 0. The van der Waals surface area contributed by atoms with E-state index in [0.717, 1.165) is 16.5 Å². The van der Waals surface area contributed by atoms with E-state index < -0.39 is 0 Å². The van der Waals surface area contributed by atoms with E-state index in [1.165, 1.54) is 17.8 Å². The molecule has 0 spiro atoms. The van der Waals surface area contributed by atoms with Gasteiger partial charge in [-0.2, -0.15) is 0 Å². The number of nitrogens with two attached hydrogens (primary N) is 1. The number of rotatable bonds is 5. The van der Waals surface area contributed by atoms with Crippen molar-refractivity contribution in [3.63, 3.8) is 0 Å². The van der Waals surface area contributed by atoms with Crippen molar-refractivity contribution in [2.75, 3.05) is 17.2 Å². The molecule has 94 valence electrons. The molecule has 2 N–H and O–H groups in total. The molecule has 0 aliphatic rings. The minimum atomic E-state index is -0.162. The van der Waals surface area contributed by atoms with Gasteiger partial charge in [-0.3, -0.25) is 0 Å². The summed E-state index contributed by atoms with van der Waals surface area (Å²) in [6.45, 7) is 0. The van der Waals surface area contributed by atoms with Crippen molar-refractivity contribution >= 4 is 29.2 Å². The molecule has 2 rings (SSSR count). The summed E-state index contributed by atoms with van der Waals surface area (Å²) in [5.74, 6) is 1.51. The number of benzene rings is 1. The number of hydrogen-bond donors (Lipinski definition) is 1. The molecule has 2 aromatic rings. The number of pyridine rings is 1. The van der Waals surface area contributed by atoms with E-state index in [-0.39, 0.29) is 5.82 Å². The van der Waals surface area contributed by atoms with Crippen molar-refractivity contribution in [3.8, 4) is 0 Å². The number of halogens is 1. The van der Waals surface area contributed by atoms with Crippen LogP contribution in [0.2, 0.25) is 0 Å². The van der Waals surface area contributed by atoms with Crippen LogP contribution in [0.1, 0.15) is 0 Å². The first-order valence-corrected chi connectivity index (χ1v) is 7.45. The Hall–Kier alpha value is -1.20. The third-order valence-corrected chi connectivity index (χ3v) is 4.55. The van der Waals surface area contributed by atoms with Crippen molar-refractivity contribution in [1.29, 1.82) is 0 Å². The summed E-state index contributed by atoms with van der Waals surface area (Å²) in [6.07, 6.45) is 1.72. The number of thioether (sulfide) groups is 2. The Morgan fingerprint density at radius 2 is 1.83 bits per heavy atom. The van der Waals surface area contributed by atoms with Gasteiger partial charge in [-0.05, 0) is 24.3 Å². The zero-order valence-corrected chi connectivity index (χ0v) is 11.3. The molecule has 0 aliphatic heterocycles. The molecule has 1 aromatic carbocycles. The van der Waals surface area contributed by atoms with Crippen molar-refractivity contribution in [1.82, 2.24) is 4.98 Å². The van der Waals surface area contributed by atoms with Crippen LogP contribution in [0.5, 0.6) is 0 Å². The third-order valence-electron chi connectivity index (χ3n) is 2.22. The van der Waals surface area contributed by atoms with Crippen molar-refractivity contribution in [2.45, 2.75) is 9.92 Å². The topological polar surface area (TPSA) is 38.9 Å². The molecular weight excluding hydrogens is 267 g/mol. The highest BCUT2D eigenvalue weighted by molar-refractivity contribution is 8.03. The molecular formula is C13H13FN2S2. The molecule has 1 heterocycles. The van der Waals surface area contributed by atoms with Gasteiger partial charge in [0.1, 0.15) is 10.8 Å². The van der Waals surface area contributed by atoms with Crippen LogP contribution in [0.25, 0.3) is 0 Å². The maximum absolute atomic E-state index is 13.3. The Bertz CT molecular complexity index is 472. The fourth-order valence-electron chi connectivity index (χ4n) is 1.38. The summed E-state index contributed by atoms with van der Waals surface area (Å²) >= 11 is 3.10. The molecule has 0 unspecified atom stereocenters. The molecule has 0 aliphatic carbocycles. The standard InChI is InChI=1S/C13H13FN2S2/c14-10-4-1-2-6-12(10)17-8-9-18-13-11(15)5-3-7-16-13/h1-7H,8-9,15H2. The predicted octanol–water partition coefficient (Wildman–Crippen LogP) is 3.69. The van der Waals surface area contributed by atoms with E-state index >= 15 is 0 Å². The highest BCUT2D eigenvalue weighted by Crippen LogP contribution is 2.26. The predicted molar refractivity (Wildman–Crippen MR) is 76.5 cm³/mol. The summed E-state index contributed by atoms with van der Waals surface area (Å²) < 4.78 is 13.3. The van der Waals surface area contributed by atoms with Gasteiger partial charge in [-0.1, -0.05) is 12.1 Å². The quantitative estimate of drug-likeness (QED) is 0.669. The highest BCUT2D eigenvalue weighted by atomic mass is 32.2. The highest BCUT2D eigenvalue weighted by Gasteiger charge is 2.03. The Morgan fingerprint density at radius 1 is 1.06 bits per heavy atom. The molecule has 0 fully saturated rings. The average Bonchev–Trinajstić information content (AvgIpc) is 2.38. The molecule has 5 heteroatoms. The SMILES string of the molecule is Nc1cccnc1SCCSc1ccccc1F. The third kappa shape index (κ3) is 3.65. The van der Waals surface area contributed by atoms with Crippen LogP contribution in [0, 0.1) is 5.82 Å². The van der Waals surface area contributed by atoms with Gasteiger partial charge in [0, 0.05) is 22.6 Å². The monoisotopic (exact) mass is 280 g/mol. The first kappa shape index (κ1) is 13.2. The minimum Gasteiger partial charge on any atom is -0.397 e. The van der Waals surface area contributed by atoms with Crippen molar-refractivity contribution in [2.24, 2.45) is 0 Å².